The third-order valence-corrected chi connectivity index (χ3v) is 4.96. The van der Waals surface area contributed by atoms with Crippen molar-refractivity contribution in [1.82, 2.24) is 14.7 Å². The van der Waals surface area contributed by atoms with Crippen molar-refractivity contribution in [2.75, 3.05) is 19.7 Å². The molecular formula is C17H21N3O3. The van der Waals surface area contributed by atoms with E-state index in [9.17, 15) is 4.79 Å². The topological polar surface area (TPSA) is 60.5 Å². The van der Waals surface area contributed by atoms with Crippen molar-refractivity contribution in [3.05, 3.63) is 42.1 Å². The summed E-state index contributed by atoms with van der Waals surface area (Å²) in [6.45, 7) is 2.11. The first-order chi connectivity index (χ1) is 11.2. The number of carbonyl (C=O) groups excluding carboxylic acids is 1. The fourth-order valence-corrected chi connectivity index (χ4v) is 3.82. The maximum atomic E-state index is 12.5. The molecule has 2 atom stereocenters. The lowest BCUT2D eigenvalue weighted by Crippen LogP contribution is -2.50. The predicted molar refractivity (Wildman–Crippen MR) is 83.1 cm³/mol. The fourth-order valence-electron chi connectivity index (χ4n) is 3.82. The van der Waals surface area contributed by atoms with Crippen LogP contribution in [0.3, 0.4) is 0 Å². The molecule has 0 saturated carbocycles. The summed E-state index contributed by atoms with van der Waals surface area (Å²) < 4.78 is 13.3. The summed E-state index contributed by atoms with van der Waals surface area (Å²) in [4.78, 5) is 14.4. The Hall–Kier alpha value is -2.08. The van der Waals surface area contributed by atoms with Crippen LogP contribution in [0.2, 0.25) is 0 Å². The Morgan fingerprint density at radius 2 is 2.39 bits per heavy atom. The molecule has 6 heteroatoms. The second-order valence-electron chi connectivity index (χ2n) is 6.65. The molecule has 4 heterocycles. The molecule has 0 N–H and O–H groups in total. The number of piperidine rings is 1. The van der Waals surface area contributed by atoms with Gasteiger partial charge in [0.05, 0.1) is 31.2 Å². The number of amides is 1. The van der Waals surface area contributed by atoms with Crippen molar-refractivity contribution in [1.29, 1.82) is 0 Å². The highest BCUT2D eigenvalue weighted by Gasteiger charge is 2.45. The lowest BCUT2D eigenvalue weighted by Gasteiger charge is -2.39. The third-order valence-electron chi connectivity index (χ3n) is 4.96. The number of carbonyl (C=O) groups is 1. The van der Waals surface area contributed by atoms with Crippen LogP contribution < -0.4 is 0 Å². The maximum absolute atomic E-state index is 12.5. The highest BCUT2D eigenvalue weighted by atomic mass is 16.5. The molecule has 2 fully saturated rings. The summed E-state index contributed by atoms with van der Waals surface area (Å²) in [5, 5.41) is 4.26. The van der Waals surface area contributed by atoms with Crippen LogP contribution in [-0.2, 0) is 11.8 Å². The van der Waals surface area contributed by atoms with Gasteiger partial charge in [0, 0.05) is 25.7 Å². The summed E-state index contributed by atoms with van der Waals surface area (Å²) in [5.74, 6) is 0.730. The molecule has 2 saturated heterocycles. The minimum Gasteiger partial charge on any atom is -0.459 e. The first-order valence-electron chi connectivity index (χ1n) is 8.10. The first-order valence-corrected chi connectivity index (χ1v) is 8.10. The van der Waals surface area contributed by atoms with Crippen LogP contribution >= 0.6 is 0 Å². The van der Waals surface area contributed by atoms with Gasteiger partial charge < -0.3 is 14.1 Å². The number of aromatic nitrogens is 2. The van der Waals surface area contributed by atoms with Crippen molar-refractivity contribution in [3.8, 4) is 0 Å². The molecule has 6 nitrogen and oxygen atoms in total. The standard InChI is InChI=1S/C17H21N3O3/c1-19-10-14(9-18-19)13-8-17(23-11-13)5-3-6-20(12-17)16(21)15-4-2-7-22-15/h2,4,7,9-10,13H,3,5-6,8,11-12H2,1H3. The van der Waals surface area contributed by atoms with Crippen LogP contribution in [0.4, 0.5) is 0 Å². The van der Waals surface area contributed by atoms with Gasteiger partial charge in [-0.2, -0.15) is 5.10 Å². The van der Waals surface area contributed by atoms with Crippen LogP contribution in [0.25, 0.3) is 0 Å². The molecule has 2 aliphatic rings. The van der Waals surface area contributed by atoms with Gasteiger partial charge >= 0.3 is 0 Å². The van der Waals surface area contributed by atoms with E-state index in [1.54, 1.807) is 12.1 Å². The Labute approximate surface area is 135 Å². The number of furan rings is 1. The van der Waals surface area contributed by atoms with Crippen LogP contribution in [-0.4, -0.2) is 45.9 Å². The summed E-state index contributed by atoms with van der Waals surface area (Å²) in [7, 11) is 1.93. The minimum absolute atomic E-state index is 0.0393. The fraction of sp³-hybridized carbons (Fsp3) is 0.529. The SMILES string of the molecule is Cn1cc(C2COC3(CCCN(C(=O)c4ccco4)C3)C2)cn1. The lowest BCUT2D eigenvalue weighted by atomic mass is 9.85. The van der Waals surface area contributed by atoms with Crippen LogP contribution in [0.1, 0.15) is 41.3 Å². The van der Waals surface area contributed by atoms with E-state index in [0.717, 1.165) is 25.8 Å². The van der Waals surface area contributed by atoms with Crippen LogP contribution in [0, 0.1) is 0 Å². The second kappa shape index (κ2) is 5.53. The van der Waals surface area contributed by atoms with E-state index >= 15 is 0 Å². The van der Waals surface area contributed by atoms with Gasteiger partial charge in [-0.3, -0.25) is 9.48 Å². The van der Waals surface area contributed by atoms with Crippen molar-refractivity contribution < 1.29 is 13.9 Å². The summed E-state index contributed by atoms with van der Waals surface area (Å²) in [6.07, 6.45) is 8.43. The van der Waals surface area contributed by atoms with Crippen molar-refractivity contribution in [2.24, 2.45) is 7.05 Å². The van der Waals surface area contributed by atoms with Crippen LogP contribution in [0.5, 0.6) is 0 Å². The molecule has 0 aromatic carbocycles. The third kappa shape index (κ3) is 2.67. The summed E-state index contributed by atoms with van der Waals surface area (Å²) in [5.41, 5.74) is 1.000. The van der Waals surface area contributed by atoms with E-state index in [0.29, 0.717) is 24.8 Å². The molecule has 4 rings (SSSR count). The first kappa shape index (κ1) is 14.5. The zero-order valence-corrected chi connectivity index (χ0v) is 13.3. The van der Waals surface area contributed by atoms with Crippen molar-refractivity contribution >= 4 is 5.91 Å². The van der Waals surface area contributed by atoms with E-state index in [4.69, 9.17) is 9.15 Å². The van der Waals surface area contributed by atoms with E-state index in [1.807, 2.05) is 22.8 Å². The molecule has 122 valence electrons. The highest BCUT2D eigenvalue weighted by molar-refractivity contribution is 5.91. The van der Waals surface area contributed by atoms with E-state index in [2.05, 4.69) is 11.3 Å². The van der Waals surface area contributed by atoms with E-state index < -0.39 is 0 Å². The molecule has 0 radical (unpaired) electrons. The minimum atomic E-state index is -0.221. The Kier molecular flexibility index (Phi) is 3.49. The quantitative estimate of drug-likeness (QED) is 0.852. The van der Waals surface area contributed by atoms with Gasteiger partial charge in [-0.25, -0.2) is 0 Å². The van der Waals surface area contributed by atoms with Crippen molar-refractivity contribution in [2.45, 2.75) is 30.8 Å². The highest BCUT2D eigenvalue weighted by Crippen LogP contribution is 2.41. The molecule has 2 aromatic heterocycles. The number of ether oxygens (including phenoxy) is 1. The number of likely N-dealkylation sites (tertiary alicyclic amines) is 1. The van der Waals surface area contributed by atoms with Gasteiger partial charge in [0.1, 0.15) is 0 Å². The largest absolute Gasteiger partial charge is 0.459 e. The number of aryl methyl sites for hydroxylation is 1. The number of nitrogens with zero attached hydrogens (tertiary/aromatic N) is 3. The van der Waals surface area contributed by atoms with E-state index in [-0.39, 0.29) is 11.5 Å². The van der Waals surface area contributed by atoms with E-state index in [1.165, 1.54) is 11.8 Å². The van der Waals surface area contributed by atoms with Gasteiger partial charge in [0.15, 0.2) is 5.76 Å². The number of hydrogen-bond acceptors (Lipinski definition) is 4. The monoisotopic (exact) mass is 315 g/mol. The number of rotatable bonds is 2. The average Bonchev–Trinajstić information content (AvgIpc) is 3.28. The zero-order chi connectivity index (χ0) is 15.9. The Morgan fingerprint density at radius 1 is 1.48 bits per heavy atom. The maximum Gasteiger partial charge on any atom is 0.289 e. The normalized spacial score (nSPS) is 27.7. The van der Waals surface area contributed by atoms with Gasteiger partial charge in [0.25, 0.3) is 5.91 Å². The Morgan fingerprint density at radius 3 is 3.13 bits per heavy atom. The molecule has 2 aromatic rings. The molecule has 1 spiro atoms. The van der Waals surface area contributed by atoms with Gasteiger partial charge in [-0.15, -0.1) is 0 Å². The van der Waals surface area contributed by atoms with Gasteiger partial charge in [-0.05, 0) is 37.0 Å². The predicted octanol–water partition coefficient (Wildman–Crippen LogP) is 2.19. The van der Waals surface area contributed by atoms with Crippen LogP contribution in [0.15, 0.2) is 35.2 Å². The van der Waals surface area contributed by atoms with Crippen molar-refractivity contribution in [3.63, 3.8) is 0 Å². The molecular weight excluding hydrogens is 294 g/mol. The zero-order valence-electron chi connectivity index (χ0n) is 13.3. The molecule has 23 heavy (non-hydrogen) atoms. The Bertz CT molecular complexity index is 694. The van der Waals surface area contributed by atoms with Gasteiger partial charge in [0.2, 0.25) is 0 Å². The second-order valence-corrected chi connectivity index (χ2v) is 6.65. The number of hydrogen-bond donors (Lipinski definition) is 0. The summed E-state index contributed by atoms with van der Waals surface area (Å²) in [6, 6.07) is 3.47. The Balaban J connectivity index is 1.48. The molecule has 0 aliphatic carbocycles. The molecule has 1 amide bonds. The molecule has 2 aliphatic heterocycles. The molecule has 0 bridgehead atoms. The molecule has 2 unspecified atom stereocenters. The van der Waals surface area contributed by atoms with Gasteiger partial charge in [-0.1, -0.05) is 0 Å². The lowest BCUT2D eigenvalue weighted by molar-refractivity contribution is -0.0453. The smallest absolute Gasteiger partial charge is 0.289 e. The summed E-state index contributed by atoms with van der Waals surface area (Å²) >= 11 is 0. The average molecular weight is 315 g/mol.